The summed E-state index contributed by atoms with van der Waals surface area (Å²) in [6.07, 6.45) is 2.64. The summed E-state index contributed by atoms with van der Waals surface area (Å²) in [5, 5.41) is 17.3. The van der Waals surface area contributed by atoms with Crippen LogP contribution in [-0.4, -0.2) is 61.0 Å². The molecule has 27 heavy (non-hydrogen) atoms. The molecule has 0 radical (unpaired) electrons. The van der Waals surface area contributed by atoms with Crippen molar-refractivity contribution >= 4 is 38.2 Å². The molecule has 2 heterocycles. The van der Waals surface area contributed by atoms with E-state index < -0.39 is 20.6 Å². The lowest BCUT2D eigenvalue weighted by molar-refractivity contribution is 0.254. The van der Waals surface area contributed by atoms with Crippen molar-refractivity contribution in [2.45, 2.75) is 18.6 Å². The Morgan fingerprint density at radius 1 is 1.33 bits per heavy atom. The van der Waals surface area contributed by atoms with Gasteiger partial charge in [-0.3, -0.25) is 5.32 Å². The summed E-state index contributed by atoms with van der Waals surface area (Å²) in [4.78, 5) is 24.8. The third-order valence-corrected chi connectivity index (χ3v) is 6.83. The van der Waals surface area contributed by atoms with E-state index in [1.807, 2.05) is 0 Å². The quantitative estimate of drug-likeness (QED) is 0.525. The molecule has 10 nitrogen and oxygen atoms in total. The van der Waals surface area contributed by atoms with Gasteiger partial charge in [-0.1, -0.05) is 11.3 Å². The van der Waals surface area contributed by atoms with Crippen LogP contribution in [0.5, 0.6) is 0 Å². The van der Waals surface area contributed by atoms with E-state index in [9.17, 15) is 13.2 Å². The normalized spacial score (nSPS) is 11.9. The number of aliphatic hydroxyl groups excluding tert-OH is 1. The summed E-state index contributed by atoms with van der Waals surface area (Å²) < 4.78 is 23.2. The zero-order chi connectivity index (χ0) is 20.2. The lowest BCUT2D eigenvalue weighted by Crippen LogP contribution is -2.29. The van der Waals surface area contributed by atoms with Crippen LogP contribution in [0.3, 0.4) is 0 Å². The van der Waals surface area contributed by atoms with E-state index >= 15 is 0 Å². The zero-order valence-electron chi connectivity index (χ0n) is 15.4. The van der Waals surface area contributed by atoms with E-state index in [0.29, 0.717) is 21.5 Å². The molecule has 148 valence electrons. The number of aromatic nitrogens is 3. The number of carbonyl (C=O) groups is 1. The molecule has 0 saturated heterocycles. The van der Waals surface area contributed by atoms with Crippen LogP contribution in [0, 0.1) is 0 Å². The van der Waals surface area contributed by atoms with Gasteiger partial charge in [0.05, 0.1) is 23.4 Å². The summed E-state index contributed by atoms with van der Waals surface area (Å²) >= 11 is 1.15. The van der Waals surface area contributed by atoms with Crippen LogP contribution in [0.1, 0.15) is 19.5 Å². The van der Waals surface area contributed by atoms with Crippen LogP contribution in [0.15, 0.2) is 12.3 Å². The van der Waals surface area contributed by atoms with Crippen LogP contribution in [-0.2, 0) is 14.6 Å². The first-order valence-electron chi connectivity index (χ1n) is 7.97. The Morgan fingerprint density at radius 3 is 2.63 bits per heavy atom. The van der Waals surface area contributed by atoms with E-state index in [-0.39, 0.29) is 19.0 Å². The number of sulfone groups is 1. The summed E-state index contributed by atoms with van der Waals surface area (Å²) in [6, 6.07) is 1.14. The van der Waals surface area contributed by atoms with Gasteiger partial charge < -0.3 is 15.7 Å². The Labute approximate surface area is 161 Å². The molecule has 2 aromatic rings. The number of carbonyl (C=O) groups excluding carboxylic acids is 1. The predicted octanol–water partition coefficient (Wildman–Crippen LogP) is 1.04. The molecule has 0 fully saturated rings. The van der Waals surface area contributed by atoms with Crippen molar-refractivity contribution in [2.75, 3.05) is 37.1 Å². The largest absolute Gasteiger partial charge is 0.395 e. The standard InChI is InChI=1S/C15H22N6O4S2/c1-15(2,27(4,24)25)10-7-11(17-5-6-22)20-12(19-10)9-8-18-14(26-9)21-13(23)16-3/h7-8,22H,5-6H2,1-4H3,(H,17,19,20)(H2,16,18,21,23). The Hall–Kier alpha value is -2.31. The molecule has 0 aliphatic heterocycles. The molecule has 2 rings (SSSR count). The van der Waals surface area contributed by atoms with Crippen molar-refractivity contribution in [3.63, 3.8) is 0 Å². The highest BCUT2D eigenvalue weighted by Crippen LogP contribution is 2.32. The second kappa shape index (κ2) is 8.15. The number of aliphatic hydroxyl groups is 1. The van der Waals surface area contributed by atoms with E-state index in [0.717, 1.165) is 17.6 Å². The van der Waals surface area contributed by atoms with Crippen molar-refractivity contribution in [3.8, 4) is 10.7 Å². The molecular weight excluding hydrogens is 392 g/mol. The maximum Gasteiger partial charge on any atom is 0.320 e. The highest BCUT2D eigenvalue weighted by atomic mass is 32.2. The van der Waals surface area contributed by atoms with Crippen molar-refractivity contribution in [2.24, 2.45) is 0 Å². The van der Waals surface area contributed by atoms with Gasteiger partial charge in [0.25, 0.3) is 0 Å². The lowest BCUT2D eigenvalue weighted by atomic mass is 10.1. The van der Waals surface area contributed by atoms with Crippen LogP contribution in [0.4, 0.5) is 15.7 Å². The minimum absolute atomic E-state index is 0.106. The van der Waals surface area contributed by atoms with E-state index in [1.165, 1.54) is 13.2 Å². The van der Waals surface area contributed by atoms with E-state index in [2.05, 4.69) is 30.9 Å². The molecule has 0 saturated carbocycles. The summed E-state index contributed by atoms with van der Waals surface area (Å²) in [5.41, 5.74) is 0.310. The first kappa shape index (κ1) is 21.0. The SMILES string of the molecule is CNC(=O)Nc1ncc(-c2nc(NCCO)cc(C(C)(C)S(C)(=O)=O)n2)s1. The van der Waals surface area contributed by atoms with Crippen LogP contribution >= 0.6 is 11.3 Å². The number of hydrogen-bond donors (Lipinski definition) is 4. The zero-order valence-corrected chi connectivity index (χ0v) is 17.0. The topological polar surface area (TPSA) is 146 Å². The fraction of sp³-hybridized carbons (Fsp3) is 0.467. The molecule has 0 bridgehead atoms. The van der Waals surface area contributed by atoms with Gasteiger partial charge in [0, 0.05) is 25.9 Å². The van der Waals surface area contributed by atoms with Crippen LogP contribution < -0.4 is 16.0 Å². The summed E-state index contributed by atoms with van der Waals surface area (Å²) in [5.74, 6) is 0.655. The number of amides is 2. The van der Waals surface area contributed by atoms with Crippen LogP contribution in [0.25, 0.3) is 10.7 Å². The first-order valence-corrected chi connectivity index (χ1v) is 10.7. The molecule has 2 aromatic heterocycles. The number of anilines is 2. The third kappa shape index (κ3) is 4.90. The monoisotopic (exact) mass is 414 g/mol. The number of hydrogen-bond acceptors (Lipinski definition) is 9. The molecule has 0 spiro atoms. The summed E-state index contributed by atoms with van der Waals surface area (Å²) in [7, 11) is -1.96. The third-order valence-electron chi connectivity index (χ3n) is 3.86. The van der Waals surface area contributed by atoms with Crippen molar-refractivity contribution < 1.29 is 18.3 Å². The fourth-order valence-electron chi connectivity index (χ4n) is 1.93. The molecule has 0 aliphatic carbocycles. The highest BCUT2D eigenvalue weighted by molar-refractivity contribution is 7.91. The molecule has 2 amide bonds. The highest BCUT2D eigenvalue weighted by Gasteiger charge is 2.35. The van der Waals surface area contributed by atoms with Gasteiger partial charge in [-0.15, -0.1) is 0 Å². The van der Waals surface area contributed by atoms with Gasteiger partial charge in [0.2, 0.25) is 0 Å². The molecule has 0 aliphatic rings. The minimum atomic E-state index is -3.45. The van der Waals surface area contributed by atoms with Gasteiger partial charge in [-0.25, -0.2) is 28.2 Å². The van der Waals surface area contributed by atoms with Gasteiger partial charge >= 0.3 is 6.03 Å². The molecule has 0 atom stereocenters. The van der Waals surface area contributed by atoms with Gasteiger partial charge in [-0.05, 0) is 13.8 Å². The average molecular weight is 415 g/mol. The van der Waals surface area contributed by atoms with Gasteiger partial charge in [-0.2, -0.15) is 0 Å². The maximum atomic E-state index is 12.2. The lowest BCUT2D eigenvalue weighted by Gasteiger charge is -2.23. The second-order valence-corrected chi connectivity index (χ2v) is 9.72. The Morgan fingerprint density at radius 2 is 2.04 bits per heavy atom. The Bertz CT molecular complexity index is 926. The van der Waals surface area contributed by atoms with Crippen molar-refractivity contribution in [1.29, 1.82) is 0 Å². The minimum Gasteiger partial charge on any atom is -0.395 e. The maximum absolute atomic E-state index is 12.2. The van der Waals surface area contributed by atoms with Crippen molar-refractivity contribution in [1.82, 2.24) is 20.3 Å². The van der Waals surface area contributed by atoms with Gasteiger partial charge in [0.1, 0.15) is 10.6 Å². The number of rotatable bonds is 7. The molecular formula is C15H22N6O4S2. The van der Waals surface area contributed by atoms with E-state index in [4.69, 9.17) is 5.11 Å². The van der Waals surface area contributed by atoms with Gasteiger partial charge in [0.15, 0.2) is 20.8 Å². The number of urea groups is 1. The summed E-state index contributed by atoms with van der Waals surface area (Å²) in [6.45, 7) is 3.28. The molecule has 12 heteroatoms. The molecule has 4 N–H and O–H groups in total. The Balaban J connectivity index is 2.49. The first-order chi connectivity index (χ1) is 12.6. The predicted molar refractivity (Wildman–Crippen MR) is 105 cm³/mol. The molecule has 0 unspecified atom stereocenters. The average Bonchev–Trinajstić information content (AvgIpc) is 3.07. The molecule has 0 aromatic carbocycles. The number of thiazole rings is 1. The smallest absolute Gasteiger partial charge is 0.320 e. The van der Waals surface area contributed by atoms with Crippen LogP contribution in [0.2, 0.25) is 0 Å². The van der Waals surface area contributed by atoms with Crippen molar-refractivity contribution in [3.05, 3.63) is 18.0 Å². The number of nitrogens with one attached hydrogen (secondary N) is 3. The van der Waals surface area contributed by atoms with E-state index in [1.54, 1.807) is 19.9 Å². The second-order valence-electron chi connectivity index (χ2n) is 6.13. The Kier molecular flexibility index (Phi) is 6.34. The number of nitrogens with zero attached hydrogens (tertiary/aromatic N) is 3. The fourth-order valence-corrected chi connectivity index (χ4v) is 3.16.